The molecule has 8 heteroatoms. The van der Waals surface area contributed by atoms with Crippen LogP contribution in [-0.4, -0.2) is 49.5 Å². The summed E-state index contributed by atoms with van der Waals surface area (Å²) in [5, 5.41) is 11.0. The molecule has 49 heavy (non-hydrogen) atoms. The summed E-state index contributed by atoms with van der Waals surface area (Å²) in [7, 11) is 0. The van der Waals surface area contributed by atoms with Gasteiger partial charge in [0.25, 0.3) is 5.91 Å². The average molecular weight is 661 g/mol. The fourth-order valence-corrected chi connectivity index (χ4v) is 7.63. The van der Waals surface area contributed by atoms with E-state index in [9.17, 15) is 14.4 Å². The molecular formula is C41H48N4O4. The molecule has 2 atom stereocenters. The minimum absolute atomic E-state index is 0.0799. The van der Waals surface area contributed by atoms with Crippen LogP contribution >= 0.6 is 0 Å². The van der Waals surface area contributed by atoms with Crippen LogP contribution in [0.25, 0.3) is 10.8 Å². The van der Waals surface area contributed by atoms with Crippen molar-refractivity contribution < 1.29 is 19.1 Å². The second-order valence-corrected chi connectivity index (χ2v) is 14.0. The SMILES string of the molecule is CCOc1ccc(CC(NC(=O)c2cccc3ccccc23)C(=O)NC(Cc2ccccc2)C(=O)NCC23CCC(CN)(CC2)CC3)cc1. The molecule has 8 nitrogen and oxygen atoms in total. The van der Waals surface area contributed by atoms with Crippen molar-refractivity contribution in [3.8, 4) is 5.75 Å². The molecule has 0 aliphatic heterocycles. The zero-order valence-electron chi connectivity index (χ0n) is 28.4. The lowest BCUT2D eigenvalue weighted by atomic mass is 9.54. The standard InChI is InChI=1S/C41H48N4O4/c1-2-49-32-17-15-30(16-18-32)26-36(44-37(46)34-14-8-12-31-11-6-7-13-33(31)34)39(48)45-35(25-29-9-4-3-5-10-29)38(47)43-28-41-22-19-40(27-42,20-23-41)21-24-41/h3-18,35-36H,2,19-28,42H2,1H3,(H,43,47)(H,44,46)(H,45,48). The first-order chi connectivity index (χ1) is 23.8. The van der Waals surface area contributed by atoms with Gasteiger partial charge in [0.1, 0.15) is 17.8 Å². The van der Waals surface area contributed by atoms with E-state index < -0.39 is 18.0 Å². The lowest BCUT2D eigenvalue weighted by Crippen LogP contribution is -2.56. The summed E-state index contributed by atoms with van der Waals surface area (Å²) in [6.07, 6.45) is 7.06. The lowest BCUT2D eigenvalue weighted by molar-refractivity contribution is -0.130. The van der Waals surface area contributed by atoms with Gasteiger partial charge in [0.15, 0.2) is 0 Å². The number of benzene rings is 4. The van der Waals surface area contributed by atoms with Crippen molar-refractivity contribution in [2.24, 2.45) is 16.6 Å². The smallest absolute Gasteiger partial charge is 0.252 e. The first-order valence-corrected chi connectivity index (χ1v) is 17.6. The molecule has 3 amide bonds. The van der Waals surface area contributed by atoms with Gasteiger partial charge < -0.3 is 26.4 Å². The number of carbonyl (C=O) groups is 3. The summed E-state index contributed by atoms with van der Waals surface area (Å²) in [6, 6.07) is 28.7. The summed E-state index contributed by atoms with van der Waals surface area (Å²) in [5.41, 5.74) is 8.76. The number of rotatable bonds is 14. The van der Waals surface area contributed by atoms with Crippen LogP contribution in [0.1, 0.15) is 66.9 Å². The summed E-state index contributed by atoms with van der Waals surface area (Å²) < 4.78 is 5.61. The van der Waals surface area contributed by atoms with Gasteiger partial charge in [-0.15, -0.1) is 0 Å². The average Bonchev–Trinajstić information content (AvgIpc) is 3.15. The monoisotopic (exact) mass is 660 g/mol. The number of hydrogen-bond acceptors (Lipinski definition) is 5. The summed E-state index contributed by atoms with van der Waals surface area (Å²) >= 11 is 0. The minimum Gasteiger partial charge on any atom is -0.494 e. The first-order valence-electron chi connectivity index (χ1n) is 17.6. The minimum atomic E-state index is -0.935. The Labute approximate surface area is 289 Å². The van der Waals surface area contributed by atoms with Crippen LogP contribution in [0.15, 0.2) is 97.1 Å². The van der Waals surface area contributed by atoms with Crippen LogP contribution in [0.2, 0.25) is 0 Å². The van der Waals surface area contributed by atoms with Crippen molar-refractivity contribution in [3.63, 3.8) is 0 Å². The maximum absolute atomic E-state index is 14.2. The van der Waals surface area contributed by atoms with Gasteiger partial charge in [-0.25, -0.2) is 0 Å². The van der Waals surface area contributed by atoms with E-state index in [1.54, 1.807) is 6.07 Å². The topological polar surface area (TPSA) is 123 Å². The summed E-state index contributed by atoms with van der Waals surface area (Å²) in [6.45, 7) is 3.79. The molecule has 2 bridgehead atoms. The zero-order valence-corrected chi connectivity index (χ0v) is 28.4. The number of amides is 3. The lowest BCUT2D eigenvalue weighted by Gasteiger charge is -2.53. The fourth-order valence-electron chi connectivity index (χ4n) is 7.63. The Morgan fingerprint density at radius 2 is 1.29 bits per heavy atom. The van der Waals surface area contributed by atoms with E-state index in [1.165, 1.54) is 0 Å². The Kier molecular flexibility index (Phi) is 10.6. The zero-order chi connectivity index (χ0) is 34.3. The van der Waals surface area contributed by atoms with Crippen LogP contribution in [0.4, 0.5) is 0 Å². The van der Waals surface area contributed by atoms with E-state index in [0.717, 1.165) is 72.7 Å². The van der Waals surface area contributed by atoms with Gasteiger partial charge in [0, 0.05) is 24.9 Å². The highest BCUT2D eigenvalue weighted by molar-refractivity contribution is 6.08. The third-order valence-corrected chi connectivity index (χ3v) is 10.9. The van der Waals surface area contributed by atoms with Crippen molar-refractivity contribution in [1.82, 2.24) is 16.0 Å². The number of nitrogens with one attached hydrogen (secondary N) is 3. The van der Waals surface area contributed by atoms with Crippen LogP contribution in [-0.2, 0) is 22.4 Å². The summed E-state index contributed by atoms with van der Waals surface area (Å²) in [4.78, 5) is 42.0. The van der Waals surface area contributed by atoms with Crippen molar-refractivity contribution >= 4 is 28.5 Å². The molecule has 4 aromatic rings. The molecular weight excluding hydrogens is 612 g/mol. The number of carbonyl (C=O) groups excluding carboxylic acids is 3. The molecule has 3 fully saturated rings. The van der Waals surface area contributed by atoms with Gasteiger partial charge in [-0.3, -0.25) is 14.4 Å². The molecule has 0 spiro atoms. The quantitative estimate of drug-likeness (QED) is 0.138. The Morgan fingerprint density at radius 3 is 1.96 bits per heavy atom. The highest BCUT2D eigenvalue weighted by atomic mass is 16.5. The fraction of sp³-hybridized carbons (Fsp3) is 0.390. The third-order valence-electron chi connectivity index (χ3n) is 10.9. The van der Waals surface area contributed by atoms with E-state index >= 15 is 0 Å². The van der Waals surface area contributed by atoms with Crippen molar-refractivity contribution in [2.75, 3.05) is 19.7 Å². The second kappa shape index (κ2) is 15.2. The van der Waals surface area contributed by atoms with Gasteiger partial charge in [-0.2, -0.15) is 0 Å². The highest BCUT2D eigenvalue weighted by Crippen LogP contribution is 2.56. The predicted octanol–water partition coefficient (Wildman–Crippen LogP) is 5.72. The Morgan fingerprint density at radius 1 is 0.694 bits per heavy atom. The third kappa shape index (κ3) is 8.14. The maximum Gasteiger partial charge on any atom is 0.252 e. The molecule has 5 N–H and O–H groups in total. The molecule has 0 heterocycles. The van der Waals surface area contributed by atoms with E-state index in [1.807, 2.05) is 97.9 Å². The van der Waals surface area contributed by atoms with Crippen molar-refractivity contribution in [2.45, 2.75) is 70.4 Å². The van der Waals surface area contributed by atoms with Gasteiger partial charge in [-0.1, -0.05) is 78.9 Å². The number of fused-ring (bicyclic) bond motifs is 4. The van der Waals surface area contributed by atoms with Crippen LogP contribution < -0.4 is 26.4 Å². The van der Waals surface area contributed by atoms with Crippen molar-refractivity contribution in [3.05, 3.63) is 114 Å². The molecule has 0 aromatic heterocycles. The van der Waals surface area contributed by atoms with E-state index in [2.05, 4.69) is 16.0 Å². The Balaban J connectivity index is 1.22. The molecule has 3 aliphatic carbocycles. The Bertz CT molecular complexity index is 1730. The Hall–Kier alpha value is -4.69. The molecule has 2 unspecified atom stereocenters. The van der Waals surface area contributed by atoms with Gasteiger partial charge >= 0.3 is 0 Å². The second-order valence-electron chi connectivity index (χ2n) is 14.0. The molecule has 7 rings (SSSR count). The van der Waals surface area contributed by atoms with E-state index in [4.69, 9.17) is 10.5 Å². The number of nitrogens with two attached hydrogens (primary N) is 1. The molecule has 3 saturated carbocycles. The number of ether oxygens (including phenoxy) is 1. The maximum atomic E-state index is 14.2. The first kappa shape index (κ1) is 34.2. The van der Waals surface area contributed by atoms with Crippen LogP contribution in [0.5, 0.6) is 5.75 Å². The molecule has 3 aliphatic rings. The molecule has 0 saturated heterocycles. The summed E-state index contributed by atoms with van der Waals surface area (Å²) in [5.74, 6) is -0.252. The predicted molar refractivity (Wildman–Crippen MR) is 193 cm³/mol. The normalized spacial score (nSPS) is 21.0. The van der Waals surface area contributed by atoms with Crippen molar-refractivity contribution in [1.29, 1.82) is 0 Å². The van der Waals surface area contributed by atoms with Crippen LogP contribution in [0.3, 0.4) is 0 Å². The van der Waals surface area contributed by atoms with E-state index in [-0.39, 0.29) is 29.1 Å². The number of hydrogen-bond donors (Lipinski definition) is 4. The van der Waals surface area contributed by atoms with Gasteiger partial charge in [0.2, 0.25) is 11.8 Å². The molecule has 256 valence electrons. The largest absolute Gasteiger partial charge is 0.494 e. The molecule has 0 radical (unpaired) electrons. The van der Waals surface area contributed by atoms with Gasteiger partial charge in [-0.05, 0) is 103 Å². The van der Waals surface area contributed by atoms with Crippen LogP contribution in [0, 0.1) is 10.8 Å². The highest BCUT2D eigenvalue weighted by Gasteiger charge is 2.48. The molecule has 4 aromatic carbocycles. The van der Waals surface area contributed by atoms with E-state index in [0.29, 0.717) is 25.1 Å². The van der Waals surface area contributed by atoms with Gasteiger partial charge in [0.05, 0.1) is 6.61 Å².